The van der Waals surface area contributed by atoms with Crippen LogP contribution in [0, 0.1) is 0 Å². The third-order valence-corrected chi connectivity index (χ3v) is 7.88. The van der Waals surface area contributed by atoms with Crippen molar-refractivity contribution in [3.05, 3.63) is 89.5 Å². The molecule has 7 nitrogen and oxygen atoms in total. The molecule has 3 aromatic carbocycles. The Balaban J connectivity index is 1.27. The molecule has 0 bridgehead atoms. The highest BCUT2D eigenvalue weighted by Gasteiger charge is 2.21. The predicted molar refractivity (Wildman–Crippen MR) is 139 cm³/mol. The predicted octanol–water partition coefficient (Wildman–Crippen LogP) is 4.31. The number of fused-ring (bicyclic) bond motifs is 1. The van der Waals surface area contributed by atoms with Crippen molar-refractivity contribution in [1.29, 1.82) is 0 Å². The highest BCUT2D eigenvalue weighted by atomic mass is 32.2. The molecule has 0 unspecified atom stereocenters. The summed E-state index contributed by atoms with van der Waals surface area (Å²) in [7, 11) is -2.01. The first-order valence-electron chi connectivity index (χ1n) is 11.8. The highest BCUT2D eigenvalue weighted by Crippen LogP contribution is 2.25. The van der Waals surface area contributed by atoms with E-state index < -0.39 is 10.0 Å². The number of nitrogens with one attached hydrogen (secondary N) is 1. The first kappa shape index (κ1) is 23.1. The molecule has 1 saturated heterocycles. The average molecular weight is 489 g/mol. The van der Waals surface area contributed by atoms with Crippen LogP contribution in [0.5, 0.6) is 0 Å². The minimum atomic E-state index is -3.85. The molecule has 2 aliphatic rings. The number of likely N-dealkylation sites (tertiary alicyclic amines) is 1. The lowest BCUT2D eigenvalue weighted by atomic mass is 9.99. The molecule has 0 radical (unpaired) electrons. The lowest BCUT2D eigenvalue weighted by Crippen LogP contribution is -2.30. The number of carbonyl (C=O) groups is 1. The molecule has 1 amide bonds. The summed E-state index contributed by atoms with van der Waals surface area (Å²) in [6, 6.07) is 22.2. The van der Waals surface area contributed by atoms with Gasteiger partial charge in [0.05, 0.1) is 4.90 Å². The number of hydrogen-bond acceptors (Lipinski definition) is 4. The summed E-state index contributed by atoms with van der Waals surface area (Å²) < 4.78 is 29.6. The standard InChI is InChI=1S/C27H28N4O3S/c1-30-16-5-10-26(30)29-35(33,34)25-9-4-8-23(18-25)28-27(32)21-11-13-24(14-12-21)31-17-15-20-6-2-3-7-22(20)19-31/h2-4,6-9,11-14,18H,5,10,15-17,19H2,1H3,(H,28,32)/b29-26+. The lowest BCUT2D eigenvalue weighted by Gasteiger charge is -2.30. The van der Waals surface area contributed by atoms with E-state index in [1.54, 1.807) is 24.3 Å². The zero-order chi connectivity index (χ0) is 24.4. The Labute approximate surface area is 206 Å². The molecule has 0 saturated carbocycles. The summed E-state index contributed by atoms with van der Waals surface area (Å²) in [5.74, 6) is 0.272. The molecule has 180 valence electrons. The van der Waals surface area contributed by atoms with Crippen molar-refractivity contribution in [2.75, 3.05) is 30.4 Å². The van der Waals surface area contributed by atoms with Crippen LogP contribution in [0.2, 0.25) is 0 Å². The van der Waals surface area contributed by atoms with Crippen LogP contribution in [0.4, 0.5) is 11.4 Å². The Hall–Kier alpha value is -3.65. The maximum atomic E-state index is 12.8. The molecule has 1 N–H and O–H groups in total. The summed E-state index contributed by atoms with van der Waals surface area (Å²) in [6.07, 6.45) is 2.54. The fourth-order valence-corrected chi connectivity index (χ4v) is 5.72. The Morgan fingerprint density at radius 1 is 0.914 bits per heavy atom. The molecule has 1 fully saturated rings. The smallest absolute Gasteiger partial charge is 0.284 e. The third kappa shape index (κ3) is 5.07. The summed E-state index contributed by atoms with van der Waals surface area (Å²) >= 11 is 0. The largest absolute Gasteiger partial charge is 0.367 e. The van der Waals surface area contributed by atoms with E-state index in [9.17, 15) is 13.2 Å². The molecule has 8 heteroatoms. The summed E-state index contributed by atoms with van der Waals surface area (Å²) in [5.41, 5.74) is 4.71. The number of amides is 1. The van der Waals surface area contributed by atoms with E-state index >= 15 is 0 Å². The monoisotopic (exact) mass is 488 g/mol. The molecule has 2 heterocycles. The maximum absolute atomic E-state index is 12.8. The topological polar surface area (TPSA) is 82.1 Å². The number of nitrogens with zero attached hydrogens (tertiary/aromatic N) is 3. The summed E-state index contributed by atoms with van der Waals surface area (Å²) in [4.78, 5) is 17.1. The summed E-state index contributed by atoms with van der Waals surface area (Å²) in [6.45, 7) is 2.58. The zero-order valence-electron chi connectivity index (χ0n) is 19.6. The molecule has 0 atom stereocenters. The number of amidine groups is 1. The van der Waals surface area contributed by atoms with Crippen molar-refractivity contribution in [1.82, 2.24) is 4.90 Å². The van der Waals surface area contributed by atoms with Gasteiger partial charge < -0.3 is 15.1 Å². The first-order valence-corrected chi connectivity index (χ1v) is 13.2. The van der Waals surface area contributed by atoms with Gasteiger partial charge >= 0.3 is 0 Å². The second kappa shape index (κ2) is 9.54. The van der Waals surface area contributed by atoms with Crippen molar-refractivity contribution >= 4 is 33.1 Å². The van der Waals surface area contributed by atoms with Crippen molar-refractivity contribution < 1.29 is 13.2 Å². The number of carbonyl (C=O) groups excluding carboxylic acids is 1. The number of sulfonamides is 1. The van der Waals surface area contributed by atoms with Gasteiger partial charge in [-0.1, -0.05) is 30.3 Å². The molecule has 5 rings (SSSR count). The van der Waals surface area contributed by atoms with Gasteiger partial charge in [0.1, 0.15) is 5.84 Å². The van der Waals surface area contributed by atoms with Crippen molar-refractivity contribution in [3.8, 4) is 0 Å². The molecule has 0 spiro atoms. The van der Waals surface area contributed by atoms with E-state index in [1.807, 2.05) is 24.1 Å². The molecular weight excluding hydrogens is 460 g/mol. The third-order valence-electron chi connectivity index (χ3n) is 6.58. The fraction of sp³-hybridized carbons (Fsp3) is 0.259. The summed E-state index contributed by atoms with van der Waals surface area (Å²) in [5, 5.41) is 2.81. The van der Waals surface area contributed by atoms with Crippen LogP contribution in [-0.2, 0) is 23.0 Å². The Kier molecular flexibility index (Phi) is 6.30. The van der Waals surface area contributed by atoms with Crippen molar-refractivity contribution in [3.63, 3.8) is 0 Å². The maximum Gasteiger partial charge on any atom is 0.284 e. The van der Waals surface area contributed by atoms with Gasteiger partial charge in [0.15, 0.2) is 0 Å². The van der Waals surface area contributed by atoms with Crippen LogP contribution in [0.1, 0.15) is 34.3 Å². The van der Waals surface area contributed by atoms with Gasteiger partial charge in [-0.05, 0) is 66.4 Å². The van der Waals surface area contributed by atoms with Gasteiger partial charge in [0, 0.05) is 50.0 Å². The van der Waals surface area contributed by atoms with Gasteiger partial charge in [0.2, 0.25) is 0 Å². The van der Waals surface area contributed by atoms with E-state index in [0.29, 0.717) is 23.5 Å². The van der Waals surface area contributed by atoms with Crippen LogP contribution in [0.25, 0.3) is 0 Å². The van der Waals surface area contributed by atoms with Crippen molar-refractivity contribution in [2.45, 2.75) is 30.7 Å². The number of benzene rings is 3. The minimum Gasteiger partial charge on any atom is -0.367 e. The molecule has 2 aliphatic heterocycles. The SMILES string of the molecule is CN1CCC/C1=N\S(=O)(=O)c1cccc(NC(=O)c2ccc(N3CCc4ccccc4C3)cc2)c1. The van der Waals surface area contributed by atoms with Gasteiger partial charge in [-0.15, -0.1) is 4.40 Å². The lowest BCUT2D eigenvalue weighted by molar-refractivity contribution is 0.102. The van der Waals surface area contributed by atoms with Crippen LogP contribution in [-0.4, -0.2) is 45.2 Å². The normalized spacial score (nSPS) is 16.9. The Bertz CT molecular complexity index is 1380. The Morgan fingerprint density at radius 2 is 1.69 bits per heavy atom. The van der Waals surface area contributed by atoms with E-state index in [1.165, 1.54) is 23.3 Å². The first-order chi connectivity index (χ1) is 16.9. The van der Waals surface area contributed by atoms with E-state index in [-0.39, 0.29) is 10.8 Å². The van der Waals surface area contributed by atoms with Crippen LogP contribution in [0.15, 0.2) is 82.1 Å². The Morgan fingerprint density at radius 3 is 2.43 bits per heavy atom. The van der Waals surface area contributed by atoms with Crippen LogP contribution < -0.4 is 10.2 Å². The molecule has 0 aromatic heterocycles. The van der Waals surface area contributed by atoms with Gasteiger partial charge in [-0.25, -0.2) is 0 Å². The molecule has 3 aromatic rings. The zero-order valence-corrected chi connectivity index (χ0v) is 20.5. The van der Waals surface area contributed by atoms with Gasteiger partial charge in [-0.3, -0.25) is 4.79 Å². The second-order valence-electron chi connectivity index (χ2n) is 8.98. The quantitative estimate of drug-likeness (QED) is 0.579. The van der Waals surface area contributed by atoms with Crippen LogP contribution >= 0.6 is 0 Å². The average Bonchev–Trinajstić information content (AvgIpc) is 3.27. The highest BCUT2D eigenvalue weighted by molar-refractivity contribution is 7.90. The van der Waals surface area contributed by atoms with E-state index in [2.05, 4.69) is 38.9 Å². The van der Waals surface area contributed by atoms with Crippen LogP contribution in [0.3, 0.4) is 0 Å². The number of anilines is 2. The fourth-order valence-electron chi connectivity index (χ4n) is 4.58. The molecular formula is C27H28N4O3S. The van der Waals surface area contributed by atoms with Gasteiger partial charge in [-0.2, -0.15) is 8.42 Å². The number of rotatable bonds is 5. The molecule has 35 heavy (non-hydrogen) atoms. The number of hydrogen-bond donors (Lipinski definition) is 1. The second-order valence-corrected chi connectivity index (χ2v) is 10.6. The van der Waals surface area contributed by atoms with Crippen molar-refractivity contribution in [2.24, 2.45) is 4.40 Å². The molecule has 0 aliphatic carbocycles. The van der Waals surface area contributed by atoms with Gasteiger partial charge in [0.25, 0.3) is 15.9 Å². The van der Waals surface area contributed by atoms with E-state index in [0.717, 1.165) is 38.2 Å². The van der Waals surface area contributed by atoms with E-state index in [4.69, 9.17) is 0 Å². The minimum absolute atomic E-state index is 0.0591.